The topological polar surface area (TPSA) is 56.7 Å². The molecule has 3 aromatic heterocycles. The summed E-state index contributed by atoms with van der Waals surface area (Å²) in [6.45, 7) is 4.68. The molecule has 1 aliphatic rings. The highest BCUT2D eigenvalue weighted by Crippen LogP contribution is 2.51. The van der Waals surface area contributed by atoms with E-state index in [9.17, 15) is 0 Å². The lowest BCUT2D eigenvalue weighted by atomic mass is 9.82. The Kier molecular flexibility index (Phi) is 6.23. The fourth-order valence-electron chi connectivity index (χ4n) is 8.40. The molecule has 0 amide bonds. The largest absolute Gasteiger partial charge is 0.456 e. The molecule has 3 heterocycles. The van der Waals surface area contributed by atoms with Crippen LogP contribution >= 0.6 is 0 Å². The van der Waals surface area contributed by atoms with Crippen molar-refractivity contribution in [2.75, 3.05) is 0 Å². The number of hydrogen-bond donors (Lipinski definition) is 0. The van der Waals surface area contributed by atoms with Crippen LogP contribution in [0.5, 0.6) is 0 Å². The number of nitrogens with zero attached hydrogens (tertiary/aromatic N) is 4. The van der Waals surface area contributed by atoms with Crippen molar-refractivity contribution in [2.45, 2.75) is 19.3 Å². The first-order chi connectivity index (χ1) is 26.0. The Morgan fingerprint density at radius 1 is 0.434 bits per heavy atom. The number of para-hydroxylation sites is 1. The number of benzene rings is 7. The Morgan fingerprint density at radius 3 is 1.70 bits per heavy atom. The fraction of sp³-hybridized carbons (Fsp3) is 0.0625. The Hall–Kier alpha value is -6.85. The number of rotatable bonds is 4. The van der Waals surface area contributed by atoms with E-state index in [4.69, 9.17) is 19.4 Å². The maximum atomic E-state index is 6.44. The summed E-state index contributed by atoms with van der Waals surface area (Å²) in [5, 5.41) is 4.68. The fourth-order valence-corrected chi connectivity index (χ4v) is 8.40. The van der Waals surface area contributed by atoms with Gasteiger partial charge in [-0.25, -0.2) is 15.0 Å². The second-order valence-corrected chi connectivity index (χ2v) is 14.5. The molecule has 0 saturated heterocycles. The first-order valence-corrected chi connectivity index (χ1v) is 18.0. The summed E-state index contributed by atoms with van der Waals surface area (Å²) in [5.74, 6) is 1.93. The lowest BCUT2D eigenvalue weighted by Crippen LogP contribution is -2.14. The van der Waals surface area contributed by atoms with Crippen LogP contribution < -0.4 is 0 Å². The van der Waals surface area contributed by atoms with Gasteiger partial charge in [-0.15, -0.1) is 0 Å². The maximum absolute atomic E-state index is 6.44. The van der Waals surface area contributed by atoms with Crippen molar-refractivity contribution in [1.29, 1.82) is 0 Å². The van der Waals surface area contributed by atoms with E-state index in [1.54, 1.807) is 0 Å². The van der Waals surface area contributed by atoms with E-state index < -0.39 is 0 Å². The van der Waals surface area contributed by atoms with Gasteiger partial charge in [0.05, 0.1) is 11.0 Å². The highest BCUT2D eigenvalue weighted by molar-refractivity contribution is 6.18. The second kappa shape index (κ2) is 11.1. The maximum Gasteiger partial charge on any atom is 0.164 e. The van der Waals surface area contributed by atoms with Crippen LogP contribution in [0.2, 0.25) is 0 Å². The van der Waals surface area contributed by atoms with E-state index >= 15 is 0 Å². The van der Waals surface area contributed by atoms with Crippen LogP contribution in [-0.2, 0) is 5.41 Å². The quantitative estimate of drug-likeness (QED) is 0.186. The Morgan fingerprint density at radius 2 is 1.00 bits per heavy atom. The first-order valence-electron chi connectivity index (χ1n) is 18.0. The minimum Gasteiger partial charge on any atom is -0.456 e. The molecule has 0 bridgehead atoms. The van der Waals surface area contributed by atoms with Crippen LogP contribution in [0.15, 0.2) is 162 Å². The number of fused-ring (bicyclic) bond motifs is 9. The van der Waals surface area contributed by atoms with Crippen LogP contribution in [0.3, 0.4) is 0 Å². The molecule has 0 radical (unpaired) electrons. The molecular formula is C48H32N4O. The molecule has 0 atom stereocenters. The Bertz CT molecular complexity index is 3010. The SMILES string of the molecule is CC1(C)c2ccccc2-c2cc3c4cc5c(cc4n(-c4ccc(-c6nc(-c7ccccc7)nc(-c7ccccc7)n6)cc4)c3cc21)oc1ccccc15. The van der Waals surface area contributed by atoms with Gasteiger partial charge in [0.15, 0.2) is 17.5 Å². The molecule has 53 heavy (non-hydrogen) atoms. The highest BCUT2D eigenvalue weighted by Gasteiger charge is 2.36. The predicted molar refractivity (Wildman–Crippen MR) is 215 cm³/mol. The second-order valence-electron chi connectivity index (χ2n) is 14.5. The van der Waals surface area contributed by atoms with Crippen LogP contribution in [0, 0.1) is 0 Å². The lowest BCUT2D eigenvalue weighted by Gasteiger charge is -2.21. The Balaban J connectivity index is 1.13. The van der Waals surface area contributed by atoms with E-state index in [2.05, 4.69) is 103 Å². The molecule has 1 aliphatic carbocycles. The first kappa shape index (κ1) is 29.8. The summed E-state index contributed by atoms with van der Waals surface area (Å²) in [6.07, 6.45) is 0. The molecule has 250 valence electrons. The molecule has 0 spiro atoms. The average molecular weight is 681 g/mol. The predicted octanol–water partition coefficient (Wildman–Crippen LogP) is 12.2. The minimum absolute atomic E-state index is 0.124. The van der Waals surface area contributed by atoms with Crippen LogP contribution in [0.1, 0.15) is 25.0 Å². The van der Waals surface area contributed by atoms with Crippen LogP contribution in [-0.4, -0.2) is 19.5 Å². The standard InChI is InChI=1S/C48H32N4O/c1-48(2)39-19-11-9-17-33(39)35-25-36-37-26-38-34-18-10-12-20-43(34)53-44(38)28-42(37)52(41(36)27-40(35)48)32-23-21-31(22-24-32)47-50-45(29-13-5-3-6-14-29)49-46(51-47)30-15-7-4-8-16-30/h3-28H,1-2H3. The van der Waals surface area contributed by atoms with Gasteiger partial charge in [0.25, 0.3) is 0 Å². The van der Waals surface area contributed by atoms with E-state index in [1.165, 1.54) is 38.5 Å². The molecule has 0 N–H and O–H groups in total. The third kappa shape index (κ3) is 4.47. The highest BCUT2D eigenvalue weighted by atomic mass is 16.3. The van der Waals surface area contributed by atoms with E-state index in [0.717, 1.165) is 49.8 Å². The van der Waals surface area contributed by atoms with Crippen LogP contribution in [0.25, 0.3) is 94.7 Å². The van der Waals surface area contributed by atoms with Crippen molar-refractivity contribution in [3.8, 4) is 51.0 Å². The minimum atomic E-state index is -0.124. The van der Waals surface area contributed by atoms with E-state index in [1.807, 2.05) is 72.8 Å². The summed E-state index contributed by atoms with van der Waals surface area (Å²) in [4.78, 5) is 14.8. The molecule has 0 fully saturated rings. The van der Waals surface area contributed by atoms with Crippen LogP contribution in [0.4, 0.5) is 0 Å². The van der Waals surface area contributed by atoms with Gasteiger partial charge in [-0.2, -0.15) is 0 Å². The summed E-state index contributed by atoms with van der Waals surface area (Å²) in [6, 6.07) is 55.3. The van der Waals surface area contributed by atoms with Gasteiger partial charge in [0.2, 0.25) is 0 Å². The van der Waals surface area contributed by atoms with E-state index in [0.29, 0.717) is 17.5 Å². The molecule has 5 nitrogen and oxygen atoms in total. The van der Waals surface area contributed by atoms with Gasteiger partial charge >= 0.3 is 0 Å². The molecule has 0 unspecified atom stereocenters. The van der Waals surface area contributed by atoms with Gasteiger partial charge in [-0.3, -0.25) is 0 Å². The molecular weight excluding hydrogens is 649 g/mol. The van der Waals surface area contributed by atoms with Gasteiger partial charge in [-0.1, -0.05) is 117 Å². The van der Waals surface area contributed by atoms with Crippen molar-refractivity contribution in [3.05, 3.63) is 169 Å². The molecule has 0 aliphatic heterocycles. The zero-order valence-corrected chi connectivity index (χ0v) is 29.2. The van der Waals surface area contributed by atoms with E-state index in [-0.39, 0.29) is 5.41 Å². The Labute approximate surface area is 305 Å². The summed E-state index contributed by atoms with van der Waals surface area (Å²) >= 11 is 0. The normalized spacial score (nSPS) is 13.2. The van der Waals surface area contributed by atoms with Gasteiger partial charge < -0.3 is 8.98 Å². The molecule has 10 aromatic rings. The summed E-state index contributed by atoms with van der Waals surface area (Å²) in [7, 11) is 0. The average Bonchev–Trinajstić information content (AvgIpc) is 3.81. The zero-order chi connectivity index (χ0) is 35.3. The summed E-state index contributed by atoms with van der Waals surface area (Å²) in [5.41, 5.74) is 13.1. The molecule has 7 aromatic carbocycles. The zero-order valence-electron chi connectivity index (χ0n) is 29.2. The molecule has 11 rings (SSSR count). The number of hydrogen-bond acceptors (Lipinski definition) is 4. The molecule has 5 heteroatoms. The van der Waals surface area contributed by atoms with Gasteiger partial charge in [-0.05, 0) is 70.8 Å². The van der Waals surface area contributed by atoms with Crippen molar-refractivity contribution in [1.82, 2.24) is 19.5 Å². The van der Waals surface area contributed by atoms with Crippen molar-refractivity contribution < 1.29 is 4.42 Å². The molecule has 0 saturated carbocycles. The van der Waals surface area contributed by atoms with Crippen molar-refractivity contribution in [2.24, 2.45) is 0 Å². The summed E-state index contributed by atoms with van der Waals surface area (Å²) < 4.78 is 8.83. The van der Waals surface area contributed by atoms with Crippen molar-refractivity contribution >= 4 is 43.7 Å². The van der Waals surface area contributed by atoms with Gasteiger partial charge in [0.1, 0.15) is 11.2 Å². The number of furan rings is 1. The smallest absolute Gasteiger partial charge is 0.164 e. The number of aromatic nitrogens is 4. The third-order valence-corrected chi connectivity index (χ3v) is 11.0. The van der Waals surface area contributed by atoms with Crippen molar-refractivity contribution in [3.63, 3.8) is 0 Å². The lowest BCUT2D eigenvalue weighted by molar-refractivity contribution is 0.661. The third-order valence-electron chi connectivity index (χ3n) is 11.0. The van der Waals surface area contributed by atoms with Gasteiger partial charge in [0, 0.05) is 55.4 Å². The monoisotopic (exact) mass is 680 g/mol.